The molecule has 1 aromatic carbocycles. The van der Waals surface area contributed by atoms with Crippen LogP contribution in [-0.4, -0.2) is 40.3 Å². The fraction of sp³-hybridized carbons (Fsp3) is 0.611. The van der Waals surface area contributed by atoms with Gasteiger partial charge in [0.1, 0.15) is 0 Å². The summed E-state index contributed by atoms with van der Waals surface area (Å²) in [6.45, 7) is 5.91. The van der Waals surface area contributed by atoms with Gasteiger partial charge in [-0.3, -0.25) is 4.99 Å². The second-order valence-corrected chi connectivity index (χ2v) is 8.37. The molecule has 0 heterocycles. The van der Waals surface area contributed by atoms with Crippen molar-refractivity contribution in [2.75, 3.05) is 25.9 Å². The Bertz CT molecular complexity index is 601. The molecule has 0 saturated heterocycles. The van der Waals surface area contributed by atoms with E-state index in [1.165, 1.54) is 12.8 Å². The third-order valence-corrected chi connectivity index (χ3v) is 5.05. The maximum Gasteiger partial charge on any atom is 0.213 e. The van der Waals surface area contributed by atoms with Gasteiger partial charge in [-0.1, -0.05) is 57.0 Å². The van der Waals surface area contributed by atoms with Crippen molar-refractivity contribution in [2.45, 2.75) is 39.7 Å². The molecule has 142 valence electrons. The molecule has 1 rings (SSSR count). The zero-order valence-electron chi connectivity index (χ0n) is 15.6. The fourth-order valence-corrected chi connectivity index (χ4v) is 3.17. The molecule has 25 heavy (non-hydrogen) atoms. The Morgan fingerprint density at radius 3 is 2.40 bits per heavy atom. The van der Waals surface area contributed by atoms with Gasteiger partial charge in [-0.15, -0.1) is 0 Å². The zero-order valence-corrected chi connectivity index (χ0v) is 16.4. The lowest BCUT2D eigenvalue weighted by Crippen LogP contribution is -2.41. The van der Waals surface area contributed by atoms with E-state index >= 15 is 0 Å². The maximum absolute atomic E-state index is 12.0. The Balaban J connectivity index is 2.22. The third kappa shape index (κ3) is 10.8. The SMILES string of the molecule is CN=C(NCCCCC(C)C)NCCS(=O)(=O)NCc1ccccc1. The number of hydrogen-bond acceptors (Lipinski definition) is 3. The number of nitrogens with one attached hydrogen (secondary N) is 3. The van der Waals surface area contributed by atoms with Crippen LogP contribution in [0.25, 0.3) is 0 Å². The second kappa shape index (κ2) is 11.9. The van der Waals surface area contributed by atoms with Crippen LogP contribution in [0.4, 0.5) is 0 Å². The van der Waals surface area contributed by atoms with Crippen LogP contribution in [0.2, 0.25) is 0 Å². The smallest absolute Gasteiger partial charge is 0.213 e. The van der Waals surface area contributed by atoms with E-state index in [4.69, 9.17) is 0 Å². The Morgan fingerprint density at radius 1 is 1.08 bits per heavy atom. The van der Waals surface area contributed by atoms with E-state index in [1.807, 2.05) is 30.3 Å². The number of sulfonamides is 1. The lowest BCUT2D eigenvalue weighted by Gasteiger charge is -2.12. The van der Waals surface area contributed by atoms with Gasteiger partial charge < -0.3 is 10.6 Å². The molecule has 7 heteroatoms. The highest BCUT2D eigenvalue weighted by molar-refractivity contribution is 7.89. The minimum Gasteiger partial charge on any atom is -0.356 e. The first-order chi connectivity index (χ1) is 11.9. The van der Waals surface area contributed by atoms with Crippen LogP contribution in [-0.2, 0) is 16.6 Å². The van der Waals surface area contributed by atoms with Crippen LogP contribution in [0.5, 0.6) is 0 Å². The predicted octanol–water partition coefficient (Wildman–Crippen LogP) is 2.10. The molecule has 0 bridgehead atoms. The standard InChI is InChI=1S/C18H32N4O2S/c1-16(2)9-7-8-12-20-18(19-3)21-13-14-25(23,24)22-15-17-10-5-4-6-11-17/h4-6,10-11,16,22H,7-9,12-15H2,1-3H3,(H2,19,20,21). The molecule has 3 N–H and O–H groups in total. The minimum absolute atomic E-state index is 0.00782. The molecule has 0 amide bonds. The highest BCUT2D eigenvalue weighted by Gasteiger charge is 2.10. The van der Waals surface area contributed by atoms with Crippen molar-refractivity contribution in [3.05, 3.63) is 35.9 Å². The Morgan fingerprint density at radius 2 is 1.76 bits per heavy atom. The van der Waals surface area contributed by atoms with Gasteiger partial charge in [-0.25, -0.2) is 13.1 Å². The normalized spacial score (nSPS) is 12.4. The molecule has 6 nitrogen and oxygen atoms in total. The maximum atomic E-state index is 12.0. The molecule has 0 aliphatic heterocycles. The van der Waals surface area contributed by atoms with E-state index in [0.717, 1.165) is 24.4 Å². The van der Waals surface area contributed by atoms with E-state index in [9.17, 15) is 8.42 Å². The van der Waals surface area contributed by atoms with Crippen LogP contribution >= 0.6 is 0 Å². The number of rotatable bonds is 11. The van der Waals surface area contributed by atoms with Gasteiger partial charge in [0.15, 0.2) is 5.96 Å². The lowest BCUT2D eigenvalue weighted by molar-refractivity contribution is 0.534. The highest BCUT2D eigenvalue weighted by atomic mass is 32.2. The average Bonchev–Trinajstić information content (AvgIpc) is 2.59. The molecule has 0 unspecified atom stereocenters. The summed E-state index contributed by atoms with van der Waals surface area (Å²) in [5, 5.41) is 6.25. The van der Waals surface area contributed by atoms with Crippen molar-refractivity contribution < 1.29 is 8.42 Å². The van der Waals surface area contributed by atoms with Gasteiger partial charge in [0.2, 0.25) is 10.0 Å². The molecule has 1 aromatic rings. The molecule has 0 fully saturated rings. The number of hydrogen-bond donors (Lipinski definition) is 3. The first-order valence-electron chi connectivity index (χ1n) is 8.88. The average molecular weight is 369 g/mol. The minimum atomic E-state index is -3.32. The number of nitrogens with zero attached hydrogens (tertiary/aromatic N) is 1. The molecular formula is C18H32N4O2S. The van der Waals surface area contributed by atoms with E-state index in [0.29, 0.717) is 19.0 Å². The first-order valence-corrected chi connectivity index (χ1v) is 10.5. The van der Waals surface area contributed by atoms with E-state index in [-0.39, 0.29) is 5.75 Å². The predicted molar refractivity (Wildman–Crippen MR) is 105 cm³/mol. The summed E-state index contributed by atoms with van der Waals surface area (Å²) in [7, 11) is -1.63. The zero-order chi connectivity index (χ0) is 18.5. The molecular weight excluding hydrogens is 336 g/mol. The van der Waals surface area contributed by atoms with Crippen LogP contribution in [0, 0.1) is 5.92 Å². The van der Waals surface area contributed by atoms with E-state index in [2.05, 4.69) is 34.2 Å². The first kappa shape index (κ1) is 21.4. The summed E-state index contributed by atoms with van der Waals surface area (Å²) in [4.78, 5) is 4.11. The van der Waals surface area contributed by atoms with Crippen molar-refractivity contribution in [3.63, 3.8) is 0 Å². The number of aliphatic imine (C=N–C) groups is 1. The van der Waals surface area contributed by atoms with Gasteiger partial charge in [-0.2, -0.15) is 0 Å². The van der Waals surface area contributed by atoms with Gasteiger partial charge in [0.25, 0.3) is 0 Å². The van der Waals surface area contributed by atoms with Crippen LogP contribution < -0.4 is 15.4 Å². The number of benzene rings is 1. The summed E-state index contributed by atoms with van der Waals surface area (Å²) in [5.41, 5.74) is 0.943. The van der Waals surface area contributed by atoms with E-state index < -0.39 is 10.0 Å². The third-order valence-electron chi connectivity index (χ3n) is 3.73. The molecule has 0 aliphatic carbocycles. The van der Waals surface area contributed by atoms with Gasteiger partial charge in [0.05, 0.1) is 5.75 Å². The quantitative estimate of drug-likeness (QED) is 0.317. The van der Waals surface area contributed by atoms with Crippen molar-refractivity contribution in [3.8, 4) is 0 Å². The summed E-state index contributed by atoms with van der Waals surface area (Å²) < 4.78 is 26.7. The molecule has 0 aromatic heterocycles. The number of unbranched alkanes of at least 4 members (excludes halogenated alkanes) is 1. The largest absolute Gasteiger partial charge is 0.356 e. The van der Waals surface area contributed by atoms with Crippen molar-refractivity contribution in [1.82, 2.24) is 15.4 Å². The summed E-state index contributed by atoms with van der Waals surface area (Å²) in [6, 6.07) is 9.48. The topological polar surface area (TPSA) is 82.6 Å². The molecule has 0 spiro atoms. The molecule has 0 saturated carbocycles. The Labute approximate surface area is 152 Å². The van der Waals surface area contributed by atoms with Crippen LogP contribution in [0.15, 0.2) is 35.3 Å². The molecule has 0 aliphatic rings. The molecule has 0 atom stereocenters. The summed E-state index contributed by atoms with van der Waals surface area (Å²) in [6.07, 6.45) is 3.48. The Kier molecular flexibility index (Phi) is 10.2. The van der Waals surface area contributed by atoms with Crippen molar-refractivity contribution in [1.29, 1.82) is 0 Å². The van der Waals surface area contributed by atoms with Crippen molar-refractivity contribution in [2.24, 2.45) is 10.9 Å². The van der Waals surface area contributed by atoms with Crippen molar-refractivity contribution >= 4 is 16.0 Å². The van der Waals surface area contributed by atoms with Gasteiger partial charge >= 0.3 is 0 Å². The van der Waals surface area contributed by atoms with Crippen LogP contribution in [0.3, 0.4) is 0 Å². The Hall–Kier alpha value is -1.60. The fourth-order valence-electron chi connectivity index (χ4n) is 2.27. The van der Waals surface area contributed by atoms with Gasteiger partial charge in [-0.05, 0) is 17.9 Å². The lowest BCUT2D eigenvalue weighted by atomic mass is 10.1. The highest BCUT2D eigenvalue weighted by Crippen LogP contribution is 2.05. The van der Waals surface area contributed by atoms with Gasteiger partial charge in [0, 0.05) is 26.7 Å². The van der Waals surface area contributed by atoms with Crippen LogP contribution in [0.1, 0.15) is 38.7 Å². The number of guanidine groups is 1. The summed E-state index contributed by atoms with van der Waals surface area (Å²) >= 11 is 0. The van der Waals surface area contributed by atoms with E-state index in [1.54, 1.807) is 7.05 Å². The monoisotopic (exact) mass is 368 g/mol. The second-order valence-electron chi connectivity index (χ2n) is 6.44. The summed E-state index contributed by atoms with van der Waals surface area (Å²) in [5.74, 6) is 1.38. The molecule has 0 radical (unpaired) electrons.